The molecule has 2 saturated carbocycles. The van der Waals surface area contributed by atoms with Gasteiger partial charge >= 0.3 is 5.97 Å². The first-order valence-corrected chi connectivity index (χ1v) is 11.7. The second kappa shape index (κ2) is 12.9. The van der Waals surface area contributed by atoms with E-state index in [0.29, 0.717) is 18.9 Å². The molecule has 6 heteroatoms. The van der Waals surface area contributed by atoms with E-state index in [4.69, 9.17) is 21.1 Å². The lowest BCUT2D eigenvalue weighted by molar-refractivity contribution is -0.152. The molecule has 5 unspecified atom stereocenters. The van der Waals surface area contributed by atoms with Crippen LogP contribution in [0.4, 0.5) is 0 Å². The van der Waals surface area contributed by atoms with E-state index >= 15 is 0 Å². The second-order valence-electron chi connectivity index (χ2n) is 8.95. The van der Waals surface area contributed by atoms with Crippen molar-refractivity contribution in [3.8, 4) is 0 Å². The Hall–Kier alpha value is -0.620. The van der Waals surface area contributed by atoms with Gasteiger partial charge in [0.15, 0.2) is 0 Å². The monoisotopic (exact) mass is 430 g/mol. The van der Waals surface area contributed by atoms with Crippen molar-refractivity contribution in [2.45, 2.75) is 95.3 Å². The number of aliphatic hydroxyl groups is 2. The van der Waals surface area contributed by atoms with E-state index in [1.54, 1.807) is 13.8 Å². The third-order valence-corrected chi connectivity index (χ3v) is 6.84. The standard InChI is InChI=1S/C23H39ClO5/c1-16(2)29-23(27)15-28-13-7-6-10-18-19(22(26)14-20(18)24)11-12-21(25)17-8-4-3-5-9-17/h6-7,16-22,25-26H,3-5,8-15H2,1-2H3. The number of hydrogen-bond acceptors (Lipinski definition) is 5. The zero-order valence-electron chi connectivity index (χ0n) is 18.0. The van der Waals surface area contributed by atoms with Gasteiger partial charge in [-0.15, -0.1) is 11.6 Å². The van der Waals surface area contributed by atoms with Gasteiger partial charge in [-0.05, 0) is 70.1 Å². The molecule has 0 aromatic carbocycles. The van der Waals surface area contributed by atoms with Gasteiger partial charge in [-0.2, -0.15) is 0 Å². The molecule has 5 nitrogen and oxygen atoms in total. The predicted octanol–water partition coefficient (Wildman–Crippen LogP) is 4.23. The van der Waals surface area contributed by atoms with Crippen LogP contribution in [0.15, 0.2) is 12.2 Å². The third-order valence-electron chi connectivity index (χ3n) is 6.34. The Morgan fingerprint density at radius 2 is 1.90 bits per heavy atom. The van der Waals surface area contributed by atoms with Crippen LogP contribution in [0.3, 0.4) is 0 Å². The fraction of sp³-hybridized carbons (Fsp3) is 0.870. The summed E-state index contributed by atoms with van der Waals surface area (Å²) in [6, 6.07) is 0. The number of rotatable bonds is 11. The number of alkyl halides is 1. The molecular formula is C23H39ClO5. The van der Waals surface area contributed by atoms with Gasteiger partial charge in [0.05, 0.1) is 24.9 Å². The normalized spacial score (nSPS) is 29.6. The summed E-state index contributed by atoms with van der Waals surface area (Å²) in [7, 11) is 0. The van der Waals surface area contributed by atoms with Crippen molar-refractivity contribution in [1.29, 1.82) is 0 Å². The topological polar surface area (TPSA) is 76.0 Å². The molecular weight excluding hydrogens is 392 g/mol. The van der Waals surface area contributed by atoms with Crippen LogP contribution in [-0.4, -0.2) is 53.1 Å². The molecule has 0 spiro atoms. The van der Waals surface area contributed by atoms with Crippen LogP contribution >= 0.6 is 11.6 Å². The third kappa shape index (κ3) is 8.56. The molecule has 2 fully saturated rings. The highest BCUT2D eigenvalue weighted by Gasteiger charge is 2.40. The summed E-state index contributed by atoms with van der Waals surface area (Å²) >= 11 is 6.51. The van der Waals surface area contributed by atoms with Crippen LogP contribution in [0.25, 0.3) is 0 Å². The molecule has 0 aromatic heterocycles. The summed E-state index contributed by atoms with van der Waals surface area (Å²) in [4.78, 5) is 11.4. The quantitative estimate of drug-likeness (QED) is 0.222. The lowest BCUT2D eigenvalue weighted by Gasteiger charge is -2.29. The number of allylic oxidation sites excluding steroid dienone is 1. The van der Waals surface area contributed by atoms with Gasteiger partial charge < -0.3 is 19.7 Å². The van der Waals surface area contributed by atoms with E-state index < -0.39 is 6.10 Å². The summed E-state index contributed by atoms with van der Waals surface area (Å²) in [5, 5.41) is 21.0. The van der Waals surface area contributed by atoms with Crippen LogP contribution in [-0.2, 0) is 14.3 Å². The fourth-order valence-electron chi connectivity index (χ4n) is 4.81. The Morgan fingerprint density at radius 3 is 2.59 bits per heavy atom. The zero-order chi connectivity index (χ0) is 21.2. The van der Waals surface area contributed by atoms with Gasteiger partial charge in [0.25, 0.3) is 0 Å². The van der Waals surface area contributed by atoms with E-state index in [1.165, 1.54) is 19.3 Å². The van der Waals surface area contributed by atoms with Crippen LogP contribution in [0.1, 0.15) is 71.6 Å². The molecule has 0 amide bonds. The first kappa shape index (κ1) is 24.6. The summed E-state index contributed by atoms with van der Waals surface area (Å²) in [6.45, 7) is 3.91. The van der Waals surface area contributed by atoms with Crippen LogP contribution in [0.2, 0.25) is 0 Å². The van der Waals surface area contributed by atoms with Gasteiger partial charge in [0, 0.05) is 5.38 Å². The lowest BCUT2D eigenvalue weighted by Crippen LogP contribution is -2.26. The molecule has 2 N–H and O–H groups in total. The van der Waals surface area contributed by atoms with Gasteiger partial charge in [0.2, 0.25) is 0 Å². The number of aliphatic hydroxyl groups excluding tert-OH is 2. The molecule has 5 atom stereocenters. The van der Waals surface area contributed by atoms with Crippen molar-refractivity contribution in [3.63, 3.8) is 0 Å². The minimum atomic E-state index is -0.392. The average Bonchev–Trinajstić information content (AvgIpc) is 2.95. The second-order valence-corrected chi connectivity index (χ2v) is 9.51. The van der Waals surface area contributed by atoms with Crippen molar-refractivity contribution in [1.82, 2.24) is 0 Å². The van der Waals surface area contributed by atoms with E-state index in [9.17, 15) is 15.0 Å². The molecule has 0 bridgehead atoms. The van der Waals surface area contributed by atoms with Crippen molar-refractivity contribution in [2.24, 2.45) is 17.8 Å². The number of carbonyl (C=O) groups excluding carboxylic acids is 1. The molecule has 0 saturated heterocycles. The number of esters is 1. The van der Waals surface area contributed by atoms with Crippen LogP contribution in [0, 0.1) is 17.8 Å². The summed E-state index contributed by atoms with van der Waals surface area (Å²) in [6.07, 6.45) is 12.1. The average molecular weight is 431 g/mol. The molecule has 2 rings (SSSR count). The van der Waals surface area contributed by atoms with Crippen molar-refractivity contribution in [2.75, 3.05) is 13.2 Å². The summed E-state index contributed by atoms with van der Waals surface area (Å²) < 4.78 is 10.3. The highest BCUT2D eigenvalue weighted by Crippen LogP contribution is 2.42. The first-order valence-electron chi connectivity index (χ1n) is 11.3. The molecule has 168 valence electrons. The summed E-state index contributed by atoms with van der Waals surface area (Å²) in [5.74, 6) is 0.395. The fourth-order valence-corrected chi connectivity index (χ4v) is 5.28. The minimum Gasteiger partial charge on any atom is -0.461 e. The predicted molar refractivity (Wildman–Crippen MR) is 115 cm³/mol. The maximum absolute atomic E-state index is 11.4. The van der Waals surface area contributed by atoms with Crippen molar-refractivity contribution in [3.05, 3.63) is 12.2 Å². The molecule has 29 heavy (non-hydrogen) atoms. The SMILES string of the molecule is CC(C)OC(=O)COCC=CCC1C(Cl)CC(O)C1CCC(O)C1CCCCC1. The van der Waals surface area contributed by atoms with Crippen LogP contribution < -0.4 is 0 Å². The van der Waals surface area contributed by atoms with Crippen LogP contribution in [0.5, 0.6) is 0 Å². The number of ether oxygens (including phenoxy) is 2. The molecule has 0 aliphatic heterocycles. The Kier molecular flexibility index (Phi) is 11.0. The highest BCUT2D eigenvalue weighted by molar-refractivity contribution is 6.21. The van der Waals surface area contributed by atoms with E-state index in [-0.39, 0.29) is 42.0 Å². The molecule has 0 aromatic rings. The van der Waals surface area contributed by atoms with E-state index in [1.807, 2.05) is 12.2 Å². The van der Waals surface area contributed by atoms with Crippen molar-refractivity contribution >= 4 is 17.6 Å². The maximum atomic E-state index is 11.4. The van der Waals surface area contributed by atoms with Gasteiger partial charge in [-0.1, -0.05) is 31.4 Å². The summed E-state index contributed by atoms with van der Waals surface area (Å²) in [5.41, 5.74) is 0. The van der Waals surface area contributed by atoms with Gasteiger partial charge in [0.1, 0.15) is 6.61 Å². The Balaban J connectivity index is 1.72. The Labute approximate surface area is 180 Å². The molecule has 2 aliphatic rings. The Bertz CT molecular complexity index is 503. The number of halogens is 1. The van der Waals surface area contributed by atoms with E-state index in [2.05, 4.69) is 0 Å². The van der Waals surface area contributed by atoms with Crippen molar-refractivity contribution < 1.29 is 24.5 Å². The van der Waals surface area contributed by atoms with E-state index in [0.717, 1.165) is 32.1 Å². The molecule has 0 radical (unpaired) electrons. The smallest absolute Gasteiger partial charge is 0.332 e. The lowest BCUT2D eigenvalue weighted by atomic mass is 9.81. The number of carbonyl (C=O) groups is 1. The van der Waals surface area contributed by atoms with Gasteiger partial charge in [-0.25, -0.2) is 4.79 Å². The maximum Gasteiger partial charge on any atom is 0.332 e. The largest absolute Gasteiger partial charge is 0.461 e. The Morgan fingerprint density at radius 1 is 1.17 bits per heavy atom. The molecule has 0 heterocycles. The minimum absolute atomic E-state index is 0.0478. The highest BCUT2D eigenvalue weighted by atomic mass is 35.5. The van der Waals surface area contributed by atoms with Gasteiger partial charge in [-0.3, -0.25) is 0 Å². The zero-order valence-corrected chi connectivity index (χ0v) is 18.7. The molecule has 2 aliphatic carbocycles. The first-order chi connectivity index (χ1) is 13.9. The number of hydrogen-bond donors (Lipinski definition) is 2.